The van der Waals surface area contributed by atoms with Crippen molar-refractivity contribution in [3.05, 3.63) is 24.3 Å². The van der Waals surface area contributed by atoms with Crippen LogP contribution in [0.1, 0.15) is 6.92 Å². The van der Waals surface area contributed by atoms with Gasteiger partial charge in [-0.15, -0.1) is 0 Å². The number of esters is 1. The molecule has 1 aliphatic heterocycles. The topological polar surface area (TPSA) is 61.8 Å². The van der Waals surface area contributed by atoms with E-state index in [9.17, 15) is 9.59 Å². The third-order valence-electron chi connectivity index (χ3n) is 4.94. The maximum atomic E-state index is 12.6. The van der Waals surface area contributed by atoms with Crippen LogP contribution in [0.2, 0.25) is 0 Å². The second kappa shape index (κ2) is 4.27. The minimum absolute atomic E-state index is 0.0286. The predicted molar refractivity (Wildman–Crippen MR) is 69.6 cm³/mol. The molecule has 0 aromatic heterocycles. The summed E-state index contributed by atoms with van der Waals surface area (Å²) in [7, 11) is 2.85. The maximum absolute atomic E-state index is 12.6. The summed E-state index contributed by atoms with van der Waals surface area (Å²) >= 11 is 0. The van der Waals surface area contributed by atoms with Gasteiger partial charge < -0.3 is 14.2 Å². The molecule has 0 spiro atoms. The molecule has 5 atom stereocenters. The van der Waals surface area contributed by atoms with Crippen LogP contribution >= 0.6 is 0 Å². The van der Waals surface area contributed by atoms with E-state index >= 15 is 0 Å². The van der Waals surface area contributed by atoms with Gasteiger partial charge in [-0.05, 0) is 18.1 Å². The van der Waals surface area contributed by atoms with Crippen molar-refractivity contribution in [3.8, 4) is 0 Å². The zero-order valence-electron chi connectivity index (χ0n) is 11.8. The van der Waals surface area contributed by atoms with Gasteiger partial charge in [-0.3, -0.25) is 9.59 Å². The van der Waals surface area contributed by atoms with E-state index < -0.39 is 17.2 Å². The first-order chi connectivity index (χ1) is 9.52. The molecule has 5 heteroatoms. The largest absolute Gasteiger partial charge is 0.468 e. The normalized spacial score (nSPS) is 45.4. The molecule has 2 aliphatic carbocycles. The fourth-order valence-corrected chi connectivity index (χ4v) is 3.97. The molecule has 0 amide bonds. The van der Waals surface area contributed by atoms with E-state index in [0.29, 0.717) is 6.61 Å². The Kier molecular flexibility index (Phi) is 2.88. The van der Waals surface area contributed by atoms with Crippen LogP contribution in [0.25, 0.3) is 0 Å². The third-order valence-corrected chi connectivity index (χ3v) is 4.94. The molecule has 0 saturated carbocycles. The number of allylic oxidation sites excluding steroid dienone is 2. The number of carbonyl (C=O) groups is 2. The van der Waals surface area contributed by atoms with Gasteiger partial charge in [0.05, 0.1) is 13.7 Å². The lowest BCUT2D eigenvalue weighted by Crippen LogP contribution is -2.61. The standard InChI is InChI=1S/C15H18O5/c1-9-4-5-10-8-20-14(19-3)7-6-11(16)15(9,12(10)14)13(17)18-2/h4-7,9-10,12H,8H2,1-3H3/t9-,10-,12+,14+,15+/m0/s1. The number of hydrogen-bond donors (Lipinski definition) is 0. The summed E-state index contributed by atoms with van der Waals surface area (Å²) in [5.41, 5.74) is -1.25. The second-order valence-corrected chi connectivity index (χ2v) is 5.61. The Morgan fingerprint density at radius 3 is 2.80 bits per heavy atom. The SMILES string of the molecule is COC(=O)[C@@]12C(=O)C=C[C@@]3(OC)OC[C@H](C=C[C@@H]1C)[C@H]32. The Morgan fingerprint density at radius 1 is 1.40 bits per heavy atom. The van der Waals surface area contributed by atoms with E-state index in [1.165, 1.54) is 20.3 Å². The highest BCUT2D eigenvalue weighted by Crippen LogP contribution is 2.58. The summed E-state index contributed by atoms with van der Waals surface area (Å²) in [4.78, 5) is 25.1. The summed E-state index contributed by atoms with van der Waals surface area (Å²) in [6.07, 6.45) is 6.95. The number of methoxy groups -OCH3 is 2. The molecule has 0 unspecified atom stereocenters. The van der Waals surface area contributed by atoms with Gasteiger partial charge in [-0.25, -0.2) is 0 Å². The summed E-state index contributed by atoms with van der Waals surface area (Å²) < 4.78 is 16.3. The van der Waals surface area contributed by atoms with Crippen LogP contribution in [0.15, 0.2) is 24.3 Å². The summed E-state index contributed by atoms with van der Waals surface area (Å²) in [6.45, 7) is 2.29. The minimum atomic E-state index is -1.25. The summed E-state index contributed by atoms with van der Waals surface area (Å²) in [5, 5.41) is 0. The van der Waals surface area contributed by atoms with Crippen molar-refractivity contribution in [1.82, 2.24) is 0 Å². The Morgan fingerprint density at radius 2 is 2.15 bits per heavy atom. The predicted octanol–water partition coefficient (Wildman–Crippen LogP) is 1.10. The van der Waals surface area contributed by atoms with Crippen LogP contribution in [-0.2, 0) is 23.8 Å². The van der Waals surface area contributed by atoms with E-state index in [2.05, 4.69) is 0 Å². The lowest BCUT2D eigenvalue weighted by atomic mass is 9.54. The van der Waals surface area contributed by atoms with Gasteiger partial charge >= 0.3 is 5.97 Å². The molecule has 5 nitrogen and oxygen atoms in total. The van der Waals surface area contributed by atoms with Crippen molar-refractivity contribution in [2.45, 2.75) is 12.7 Å². The fraction of sp³-hybridized carbons (Fsp3) is 0.600. The number of ketones is 1. The number of carbonyl (C=O) groups excluding carboxylic acids is 2. The van der Waals surface area contributed by atoms with Crippen LogP contribution in [0.5, 0.6) is 0 Å². The molecule has 0 aromatic carbocycles. The third kappa shape index (κ3) is 1.34. The molecule has 108 valence electrons. The van der Waals surface area contributed by atoms with Crippen molar-refractivity contribution in [2.24, 2.45) is 23.2 Å². The first-order valence-corrected chi connectivity index (χ1v) is 6.72. The first kappa shape index (κ1) is 13.5. The van der Waals surface area contributed by atoms with Gasteiger partial charge in [-0.2, -0.15) is 0 Å². The van der Waals surface area contributed by atoms with Crippen molar-refractivity contribution in [1.29, 1.82) is 0 Å². The van der Waals surface area contributed by atoms with Crippen LogP contribution < -0.4 is 0 Å². The lowest BCUT2D eigenvalue weighted by Gasteiger charge is -2.49. The number of rotatable bonds is 2. The fourth-order valence-electron chi connectivity index (χ4n) is 3.97. The molecule has 1 saturated heterocycles. The highest BCUT2D eigenvalue weighted by atomic mass is 16.7. The lowest BCUT2D eigenvalue weighted by molar-refractivity contribution is -0.216. The number of ether oxygens (including phenoxy) is 3. The van der Waals surface area contributed by atoms with E-state index in [4.69, 9.17) is 14.2 Å². The molecular weight excluding hydrogens is 260 g/mol. The van der Waals surface area contributed by atoms with Crippen LogP contribution in [-0.4, -0.2) is 38.4 Å². The average molecular weight is 278 g/mol. The van der Waals surface area contributed by atoms with Gasteiger partial charge in [0.25, 0.3) is 0 Å². The zero-order valence-corrected chi connectivity index (χ0v) is 11.8. The molecule has 3 rings (SSSR count). The van der Waals surface area contributed by atoms with Crippen molar-refractivity contribution in [3.63, 3.8) is 0 Å². The highest BCUT2D eigenvalue weighted by Gasteiger charge is 2.69. The van der Waals surface area contributed by atoms with Gasteiger partial charge in [0.15, 0.2) is 11.6 Å². The molecule has 1 fully saturated rings. The van der Waals surface area contributed by atoms with E-state index in [0.717, 1.165) is 0 Å². The average Bonchev–Trinajstić information content (AvgIpc) is 2.85. The molecule has 0 N–H and O–H groups in total. The molecule has 0 aromatic rings. The smallest absolute Gasteiger partial charge is 0.320 e. The summed E-state index contributed by atoms with van der Waals surface area (Å²) in [6, 6.07) is 0. The van der Waals surface area contributed by atoms with E-state index in [1.54, 1.807) is 6.08 Å². The van der Waals surface area contributed by atoms with Gasteiger partial charge in [0.2, 0.25) is 0 Å². The molecular formula is C15H18O5. The van der Waals surface area contributed by atoms with E-state index in [1.807, 2.05) is 19.1 Å². The minimum Gasteiger partial charge on any atom is -0.468 e. The van der Waals surface area contributed by atoms with Crippen LogP contribution in [0.4, 0.5) is 0 Å². The van der Waals surface area contributed by atoms with Gasteiger partial charge in [0, 0.05) is 18.9 Å². The van der Waals surface area contributed by atoms with Crippen molar-refractivity contribution in [2.75, 3.05) is 20.8 Å². The molecule has 3 aliphatic rings. The highest BCUT2D eigenvalue weighted by molar-refractivity contribution is 6.11. The molecule has 0 radical (unpaired) electrons. The van der Waals surface area contributed by atoms with Gasteiger partial charge in [0.1, 0.15) is 5.41 Å². The van der Waals surface area contributed by atoms with Crippen LogP contribution in [0, 0.1) is 23.2 Å². The molecule has 20 heavy (non-hydrogen) atoms. The van der Waals surface area contributed by atoms with Crippen LogP contribution in [0.3, 0.4) is 0 Å². The Hall–Kier alpha value is -1.46. The van der Waals surface area contributed by atoms with Gasteiger partial charge in [-0.1, -0.05) is 19.1 Å². The first-order valence-electron chi connectivity index (χ1n) is 6.72. The monoisotopic (exact) mass is 278 g/mol. The quantitative estimate of drug-likeness (QED) is 0.430. The maximum Gasteiger partial charge on any atom is 0.320 e. The molecule has 1 heterocycles. The Bertz CT molecular complexity index is 522. The number of hydrogen-bond acceptors (Lipinski definition) is 5. The zero-order chi connectivity index (χ0) is 14.5. The molecule has 0 bridgehead atoms. The summed E-state index contributed by atoms with van der Waals surface area (Å²) in [5.74, 6) is -2.43. The second-order valence-electron chi connectivity index (χ2n) is 5.61. The Labute approximate surface area is 117 Å². The Balaban J connectivity index is 2.26. The van der Waals surface area contributed by atoms with E-state index in [-0.39, 0.29) is 23.5 Å². The van der Waals surface area contributed by atoms with Crippen molar-refractivity contribution < 1.29 is 23.8 Å². The van der Waals surface area contributed by atoms with Crippen molar-refractivity contribution >= 4 is 11.8 Å².